The molecule has 0 amide bonds. The zero-order valence-electron chi connectivity index (χ0n) is 19.5. The molecule has 2 heterocycles. The molecular formula is C28H30N2O3S. The molecule has 1 fully saturated rings. The number of hydrogen-bond donors (Lipinski definition) is 1. The van der Waals surface area contributed by atoms with Gasteiger partial charge in [-0.05, 0) is 42.2 Å². The zero-order valence-corrected chi connectivity index (χ0v) is 20.3. The highest BCUT2D eigenvalue weighted by molar-refractivity contribution is 7.89. The normalized spacial score (nSPS) is 24.5. The number of aryl methyl sites for hydroxylation is 2. The van der Waals surface area contributed by atoms with Crippen molar-refractivity contribution in [3.8, 4) is 11.1 Å². The maximum Gasteiger partial charge on any atom is 0.243 e. The predicted molar refractivity (Wildman–Crippen MR) is 135 cm³/mol. The highest BCUT2D eigenvalue weighted by atomic mass is 32.2. The van der Waals surface area contributed by atoms with Crippen LogP contribution in [-0.2, 0) is 10.0 Å². The SMILES string of the molecule is Cc1cccc(-c2ccc([C@@H]3[C@@H](O)N4C/C=C\CN(S(=O)(=O)c5ccccc5C)C[C@@H]34)cc2)c1. The molecule has 5 rings (SSSR count). The van der Waals surface area contributed by atoms with Gasteiger partial charge in [0.2, 0.25) is 10.0 Å². The highest BCUT2D eigenvalue weighted by Crippen LogP contribution is 2.41. The Morgan fingerprint density at radius 3 is 2.32 bits per heavy atom. The van der Waals surface area contributed by atoms with Gasteiger partial charge < -0.3 is 5.11 Å². The van der Waals surface area contributed by atoms with Gasteiger partial charge in [0.1, 0.15) is 6.23 Å². The number of aliphatic hydroxyl groups excluding tert-OH is 1. The average molecular weight is 475 g/mol. The molecule has 0 spiro atoms. The summed E-state index contributed by atoms with van der Waals surface area (Å²) in [5.41, 5.74) is 5.27. The van der Waals surface area contributed by atoms with Gasteiger partial charge in [0, 0.05) is 31.6 Å². The van der Waals surface area contributed by atoms with Gasteiger partial charge in [-0.2, -0.15) is 4.31 Å². The number of rotatable bonds is 4. The second-order valence-corrected chi connectivity index (χ2v) is 11.2. The van der Waals surface area contributed by atoms with Crippen molar-refractivity contribution in [3.05, 3.63) is 102 Å². The molecule has 3 aromatic rings. The van der Waals surface area contributed by atoms with E-state index in [9.17, 15) is 13.5 Å². The first kappa shape index (κ1) is 23.0. The molecule has 0 aliphatic carbocycles. The van der Waals surface area contributed by atoms with Crippen molar-refractivity contribution >= 4 is 10.0 Å². The van der Waals surface area contributed by atoms with Crippen LogP contribution in [0.2, 0.25) is 0 Å². The standard InChI is InChI=1S/C28H30N2O3S/c1-20-8-7-10-24(18-20)22-12-14-23(15-13-22)27-25-19-29(16-5-6-17-30(25)28(27)31)34(32,33)26-11-4-3-9-21(26)2/h3-15,18,25,27-28,31H,16-17,19H2,1-2H3/b6-5-/t25-,27-,28+/m0/s1. The van der Waals surface area contributed by atoms with E-state index in [1.165, 1.54) is 5.56 Å². The number of sulfonamides is 1. The summed E-state index contributed by atoms with van der Waals surface area (Å²) in [4.78, 5) is 2.32. The van der Waals surface area contributed by atoms with Crippen molar-refractivity contribution in [2.45, 2.75) is 36.9 Å². The summed E-state index contributed by atoms with van der Waals surface area (Å²) < 4.78 is 28.6. The van der Waals surface area contributed by atoms with E-state index >= 15 is 0 Å². The maximum atomic E-state index is 13.5. The van der Waals surface area contributed by atoms with Crippen molar-refractivity contribution < 1.29 is 13.5 Å². The summed E-state index contributed by atoms with van der Waals surface area (Å²) in [6, 6.07) is 23.7. The Hall–Kier alpha value is -2.77. The van der Waals surface area contributed by atoms with E-state index in [0.717, 1.165) is 22.3 Å². The first-order valence-corrected chi connectivity index (χ1v) is 13.1. The monoisotopic (exact) mass is 474 g/mol. The molecule has 1 saturated heterocycles. The second-order valence-electron chi connectivity index (χ2n) is 9.25. The number of aliphatic hydroxyl groups is 1. The average Bonchev–Trinajstić information content (AvgIpc) is 2.81. The molecule has 1 N–H and O–H groups in total. The molecule has 0 bridgehead atoms. The molecule has 2 aliphatic heterocycles. The molecule has 0 unspecified atom stereocenters. The number of hydrogen-bond acceptors (Lipinski definition) is 4. The van der Waals surface area contributed by atoms with Crippen LogP contribution in [-0.4, -0.2) is 54.6 Å². The van der Waals surface area contributed by atoms with E-state index in [-0.39, 0.29) is 12.0 Å². The van der Waals surface area contributed by atoms with Gasteiger partial charge in [-0.25, -0.2) is 8.42 Å². The summed E-state index contributed by atoms with van der Waals surface area (Å²) in [6.45, 7) is 5.18. The van der Waals surface area contributed by atoms with E-state index in [0.29, 0.717) is 24.5 Å². The minimum absolute atomic E-state index is 0.0939. The third-order valence-electron chi connectivity index (χ3n) is 7.04. The molecule has 5 nitrogen and oxygen atoms in total. The maximum absolute atomic E-state index is 13.5. The number of nitrogens with zero attached hydrogens (tertiary/aromatic N) is 2. The first-order valence-electron chi connectivity index (χ1n) is 11.7. The fourth-order valence-corrected chi connectivity index (χ4v) is 6.77. The Bertz CT molecular complexity index is 1320. The van der Waals surface area contributed by atoms with Crippen molar-refractivity contribution in [2.24, 2.45) is 0 Å². The lowest BCUT2D eigenvalue weighted by Crippen LogP contribution is -2.66. The van der Waals surface area contributed by atoms with Crippen LogP contribution in [0.25, 0.3) is 11.1 Å². The molecule has 2 aliphatic rings. The van der Waals surface area contributed by atoms with Crippen LogP contribution >= 0.6 is 0 Å². The van der Waals surface area contributed by atoms with E-state index in [2.05, 4.69) is 55.5 Å². The van der Waals surface area contributed by atoms with Gasteiger partial charge in [-0.1, -0.05) is 84.4 Å². The van der Waals surface area contributed by atoms with Crippen LogP contribution in [0, 0.1) is 13.8 Å². The Morgan fingerprint density at radius 1 is 0.853 bits per heavy atom. The molecule has 3 atom stereocenters. The third-order valence-corrected chi connectivity index (χ3v) is 9.03. The van der Waals surface area contributed by atoms with Crippen molar-refractivity contribution in [1.82, 2.24) is 9.21 Å². The fourth-order valence-electron chi connectivity index (χ4n) is 5.14. The molecule has 0 saturated carbocycles. The number of benzene rings is 3. The van der Waals surface area contributed by atoms with E-state index in [4.69, 9.17) is 0 Å². The van der Waals surface area contributed by atoms with E-state index in [1.807, 2.05) is 36.1 Å². The summed E-state index contributed by atoms with van der Waals surface area (Å²) in [5, 5.41) is 11.0. The van der Waals surface area contributed by atoms with Gasteiger partial charge in [0.25, 0.3) is 0 Å². The van der Waals surface area contributed by atoms with Crippen molar-refractivity contribution in [2.75, 3.05) is 19.6 Å². The lowest BCUT2D eigenvalue weighted by molar-refractivity contribution is -0.139. The minimum atomic E-state index is -3.65. The van der Waals surface area contributed by atoms with Crippen LogP contribution in [0.4, 0.5) is 0 Å². The molecule has 176 valence electrons. The summed E-state index contributed by atoms with van der Waals surface area (Å²) in [6.07, 6.45) is 3.19. The molecular weight excluding hydrogens is 444 g/mol. The molecule has 6 heteroatoms. The van der Waals surface area contributed by atoms with Crippen molar-refractivity contribution in [3.63, 3.8) is 0 Å². The summed E-state index contributed by atoms with van der Waals surface area (Å²) >= 11 is 0. The summed E-state index contributed by atoms with van der Waals surface area (Å²) in [5.74, 6) is -0.146. The third kappa shape index (κ3) is 4.12. The number of fused-ring (bicyclic) bond motifs is 1. The van der Waals surface area contributed by atoms with Crippen LogP contribution in [0.1, 0.15) is 22.6 Å². The second kappa shape index (κ2) is 9.12. The highest BCUT2D eigenvalue weighted by Gasteiger charge is 2.49. The van der Waals surface area contributed by atoms with Gasteiger partial charge in [-0.15, -0.1) is 0 Å². The quantitative estimate of drug-likeness (QED) is 0.572. The minimum Gasteiger partial charge on any atom is -0.378 e. The summed E-state index contributed by atoms with van der Waals surface area (Å²) in [7, 11) is -3.65. The molecule has 0 aromatic heterocycles. The van der Waals surface area contributed by atoms with Gasteiger partial charge in [-0.3, -0.25) is 4.90 Å². The van der Waals surface area contributed by atoms with Crippen LogP contribution in [0.3, 0.4) is 0 Å². The zero-order chi connectivity index (χ0) is 23.9. The first-order chi connectivity index (χ1) is 16.4. The van der Waals surface area contributed by atoms with Crippen LogP contribution in [0.15, 0.2) is 89.8 Å². The topological polar surface area (TPSA) is 60.9 Å². The van der Waals surface area contributed by atoms with Crippen LogP contribution < -0.4 is 0 Å². The molecule has 0 radical (unpaired) electrons. The Morgan fingerprint density at radius 2 is 1.59 bits per heavy atom. The smallest absolute Gasteiger partial charge is 0.243 e. The predicted octanol–water partition coefficient (Wildman–Crippen LogP) is 4.32. The van der Waals surface area contributed by atoms with Gasteiger partial charge in [0.15, 0.2) is 0 Å². The fraction of sp³-hybridized carbons (Fsp3) is 0.286. The van der Waals surface area contributed by atoms with E-state index < -0.39 is 16.3 Å². The van der Waals surface area contributed by atoms with Gasteiger partial charge in [0.05, 0.1) is 4.90 Å². The van der Waals surface area contributed by atoms with Gasteiger partial charge >= 0.3 is 0 Å². The van der Waals surface area contributed by atoms with Crippen molar-refractivity contribution in [1.29, 1.82) is 0 Å². The Labute approximate surface area is 202 Å². The largest absolute Gasteiger partial charge is 0.378 e. The van der Waals surface area contributed by atoms with E-state index in [1.54, 1.807) is 16.4 Å². The Kier molecular flexibility index (Phi) is 6.16. The molecule has 3 aromatic carbocycles. The molecule has 34 heavy (non-hydrogen) atoms. The lowest BCUT2D eigenvalue weighted by atomic mass is 9.79. The van der Waals surface area contributed by atoms with Crippen LogP contribution in [0.5, 0.6) is 0 Å². The Balaban J connectivity index is 1.42. The lowest BCUT2D eigenvalue weighted by Gasteiger charge is -2.54.